The van der Waals surface area contributed by atoms with Gasteiger partial charge >= 0.3 is 0 Å². The molecule has 34 heavy (non-hydrogen) atoms. The predicted molar refractivity (Wildman–Crippen MR) is 135 cm³/mol. The summed E-state index contributed by atoms with van der Waals surface area (Å²) in [7, 11) is 3.26. The lowest BCUT2D eigenvalue weighted by molar-refractivity contribution is 0.354. The Morgan fingerprint density at radius 3 is 2.62 bits per heavy atom. The summed E-state index contributed by atoms with van der Waals surface area (Å²) in [6.45, 7) is 0. The molecule has 168 valence electrons. The molecular weight excluding hydrogens is 466 g/mol. The predicted octanol–water partition coefficient (Wildman–Crippen LogP) is 5.74. The van der Waals surface area contributed by atoms with Crippen molar-refractivity contribution in [2.75, 3.05) is 14.2 Å². The Morgan fingerprint density at radius 1 is 0.912 bits per heavy atom. The molecule has 4 heterocycles. The van der Waals surface area contributed by atoms with Crippen molar-refractivity contribution < 1.29 is 9.47 Å². The summed E-state index contributed by atoms with van der Waals surface area (Å²) >= 11 is 3.20. The van der Waals surface area contributed by atoms with Gasteiger partial charge in [0.05, 0.1) is 30.3 Å². The van der Waals surface area contributed by atoms with E-state index in [0.29, 0.717) is 17.9 Å². The minimum absolute atomic E-state index is 0.572. The number of thiophene rings is 1. The zero-order valence-electron chi connectivity index (χ0n) is 18.4. The largest absolute Gasteiger partial charge is 0.493 e. The highest BCUT2D eigenvalue weighted by atomic mass is 32.1. The monoisotopic (exact) mass is 485 g/mol. The molecule has 0 saturated carbocycles. The van der Waals surface area contributed by atoms with E-state index < -0.39 is 0 Å². The standard InChI is InChI=1S/C25H19N5O2S2/c1-31-20-10-9-15(12-21(20)32-2)13-23-27-28-25-30(23)29-24(34-25)17-14-19(22-8-5-11-33-22)26-18-7-4-3-6-16(17)18/h3-12,14H,13H2,1-2H3. The molecule has 0 saturated heterocycles. The molecule has 0 aliphatic rings. The third-order valence-electron chi connectivity index (χ3n) is 5.59. The number of benzene rings is 2. The highest BCUT2D eigenvalue weighted by Crippen LogP contribution is 2.36. The number of hydrogen-bond donors (Lipinski definition) is 0. The Morgan fingerprint density at radius 2 is 1.79 bits per heavy atom. The van der Waals surface area contributed by atoms with Crippen LogP contribution in [0.3, 0.4) is 0 Å². The zero-order valence-corrected chi connectivity index (χ0v) is 20.1. The molecule has 0 spiro atoms. The van der Waals surface area contributed by atoms with Gasteiger partial charge < -0.3 is 9.47 Å². The molecule has 4 aromatic heterocycles. The number of rotatable bonds is 6. The molecule has 0 fully saturated rings. The summed E-state index contributed by atoms with van der Waals surface area (Å²) in [6, 6.07) is 20.3. The van der Waals surface area contributed by atoms with Crippen LogP contribution in [-0.4, -0.2) is 39.0 Å². The van der Waals surface area contributed by atoms with Crippen molar-refractivity contribution in [1.82, 2.24) is 24.8 Å². The van der Waals surface area contributed by atoms with Crippen LogP contribution in [0.4, 0.5) is 0 Å². The van der Waals surface area contributed by atoms with Gasteiger partial charge in [-0.15, -0.1) is 21.5 Å². The summed E-state index contributed by atoms with van der Waals surface area (Å²) in [4.78, 5) is 6.76. The second-order valence-electron chi connectivity index (χ2n) is 7.63. The SMILES string of the molecule is COc1ccc(Cc2nnc3sc(-c4cc(-c5cccs5)nc5ccccc45)nn23)cc1OC. The number of nitrogens with zero attached hydrogens (tertiary/aromatic N) is 5. The van der Waals surface area contributed by atoms with Crippen LogP contribution in [0.5, 0.6) is 11.5 Å². The van der Waals surface area contributed by atoms with Gasteiger partial charge in [-0.05, 0) is 41.3 Å². The number of pyridine rings is 1. The van der Waals surface area contributed by atoms with E-state index in [1.54, 1.807) is 25.6 Å². The highest BCUT2D eigenvalue weighted by molar-refractivity contribution is 7.20. The summed E-state index contributed by atoms with van der Waals surface area (Å²) < 4.78 is 12.6. The summed E-state index contributed by atoms with van der Waals surface area (Å²) in [5.74, 6) is 2.14. The van der Waals surface area contributed by atoms with Crippen LogP contribution >= 0.6 is 22.7 Å². The van der Waals surface area contributed by atoms with Gasteiger partial charge in [0.15, 0.2) is 17.3 Å². The van der Waals surface area contributed by atoms with Gasteiger partial charge in [-0.25, -0.2) is 4.98 Å². The second-order valence-corrected chi connectivity index (χ2v) is 9.54. The van der Waals surface area contributed by atoms with E-state index in [1.165, 1.54) is 11.3 Å². The second kappa shape index (κ2) is 8.51. The van der Waals surface area contributed by atoms with Gasteiger partial charge in [0.2, 0.25) is 4.96 Å². The van der Waals surface area contributed by atoms with Crippen molar-refractivity contribution in [3.05, 3.63) is 77.4 Å². The van der Waals surface area contributed by atoms with Crippen molar-refractivity contribution >= 4 is 38.5 Å². The molecule has 0 radical (unpaired) electrons. The van der Waals surface area contributed by atoms with Crippen molar-refractivity contribution in [1.29, 1.82) is 0 Å². The number of aromatic nitrogens is 5. The lowest BCUT2D eigenvalue weighted by Crippen LogP contribution is -1.99. The molecule has 0 aliphatic heterocycles. The third-order valence-corrected chi connectivity index (χ3v) is 7.41. The average molecular weight is 486 g/mol. The molecule has 0 bridgehead atoms. The first-order chi connectivity index (χ1) is 16.7. The molecule has 0 atom stereocenters. The van der Waals surface area contributed by atoms with E-state index in [2.05, 4.69) is 33.8 Å². The Kier molecular flexibility index (Phi) is 5.20. The maximum absolute atomic E-state index is 5.44. The molecule has 2 aromatic carbocycles. The van der Waals surface area contributed by atoms with Gasteiger partial charge in [0.1, 0.15) is 5.01 Å². The van der Waals surface area contributed by atoms with Crippen LogP contribution < -0.4 is 9.47 Å². The van der Waals surface area contributed by atoms with Crippen LogP contribution in [0.1, 0.15) is 11.4 Å². The molecule has 6 rings (SSSR count). The normalized spacial score (nSPS) is 11.4. The van der Waals surface area contributed by atoms with Gasteiger partial charge in [-0.2, -0.15) is 9.61 Å². The number of para-hydroxylation sites is 1. The van der Waals surface area contributed by atoms with Gasteiger partial charge in [-0.1, -0.05) is 41.7 Å². The van der Waals surface area contributed by atoms with Crippen LogP contribution in [0.25, 0.3) is 37.0 Å². The quantitative estimate of drug-likeness (QED) is 0.300. The molecular formula is C25H19N5O2S2. The van der Waals surface area contributed by atoms with Crippen LogP contribution in [0.2, 0.25) is 0 Å². The van der Waals surface area contributed by atoms with Crippen molar-refractivity contribution in [2.24, 2.45) is 0 Å². The number of hydrogen-bond acceptors (Lipinski definition) is 8. The van der Waals surface area contributed by atoms with E-state index in [9.17, 15) is 0 Å². The van der Waals surface area contributed by atoms with Gasteiger partial charge in [0, 0.05) is 17.4 Å². The summed E-state index contributed by atoms with van der Waals surface area (Å²) in [6.07, 6.45) is 0.572. The summed E-state index contributed by atoms with van der Waals surface area (Å²) in [5, 5.41) is 17.7. The van der Waals surface area contributed by atoms with E-state index >= 15 is 0 Å². The van der Waals surface area contributed by atoms with E-state index in [1.807, 2.05) is 47.0 Å². The zero-order chi connectivity index (χ0) is 23.1. The average Bonchev–Trinajstić information content (AvgIpc) is 3.62. The molecule has 0 N–H and O–H groups in total. The number of methoxy groups -OCH3 is 2. The molecule has 6 aromatic rings. The lowest BCUT2D eigenvalue weighted by Gasteiger charge is -2.08. The molecule has 7 nitrogen and oxygen atoms in total. The van der Waals surface area contributed by atoms with Crippen LogP contribution in [0.15, 0.2) is 66.0 Å². The Labute approximate surface area is 203 Å². The molecule has 0 unspecified atom stereocenters. The molecule has 0 aliphatic carbocycles. The summed E-state index contributed by atoms with van der Waals surface area (Å²) in [5.41, 5.74) is 3.97. The van der Waals surface area contributed by atoms with Crippen LogP contribution in [-0.2, 0) is 6.42 Å². The van der Waals surface area contributed by atoms with Crippen LogP contribution in [0, 0.1) is 0 Å². The Balaban J connectivity index is 1.43. The fraction of sp³-hybridized carbons (Fsp3) is 0.120. The minimum atomic E-state index is 0.572. The Bertz CT molecular complexity index is 1620. The first-order valence-electron chi connectivity index (χ1n) is 10.6. The first-order valence-corrected chi connectivity index (χ1v) is 12.3. The van der Waals surface area contributed by atoms with Crippen molar-refractivity contribution in [2.45, 2.75) is 6.42 Å². The maximum Gasteiger partial charge on any atom is 0.234 e. The third kappa shape index (κ3) is 3.59. The Hall–Kier alpha value is -3.82. The smallest absolute Gasteiger partial charge is 0.234 e. The first kappa shape index (κ1) is 20.8. The fourth-order valence-electron chi connectivity index (χ4n) is 3.95. The maximum atomic E-state index is 5.44. The molecule has 9 heteroatoms. The topological polar surface area (TPSA) is 74.4 Å². The molecule has 0 amide bonds. The van der Waals surface area contributed by atoms with Crippen molar-refractivity contribution in [3.8, 4) is 32.6 Å². The fourth-order valence-corrected chi connectivity index (χ4v) is 5.53. The van der Waals surface area contributed by atoms with Gasteiger partial charge in [-0.3, -0.25) is 0 Å². The minimum Gasteiger partial charge on any atom is -0.493 e. The van der Waals surface area contributed by atoms with E-state index in [0.717, 1.165) is 48.4 Å². The van der Waals surface area contributed by atoms with E-state index in [4.69, 9.17) is 19.6 Å². The highest BCUT2D eigenvalue weighted by Gasteiger charge is 2.17. The van der Waals surface area contributed by atoms with Gasteiger partial charge in [0.25, 0.3) is 0 Å². The number of ether oxygens (including phenoxy) is 2. The van der Waals surface area contributed by atoms with E-state index in [-0.39, 0.29) is 0 Å². The number of fused-ring (bicyclic) bond motifs is 2. The van der Waals surface area contributed by atoms with Crippen molar-refractivity contribution in [3.63, 3.8) is 0 Å². The lowest BCUT2D eigenvalue weighted by atomic mass is 10.1.